The van der Waals surface area contributed by atoms with E-state index >= 15 is 0 Å². The fourth-order valence-electron chi connectivity index (χ4n) is 1.57. The van der Waals surface area contributed by atoms with Gasteiger partial charge in [-0.3, -0.25) is 10.1 Å². The van der Waals surface area contributed by atoms with Crippen LogP contribution >= 0.6 is 0 Å². The van der Waals surface area contributed by atoms with Crippen molar-refractivity contribution in [3.8, 4) is 17.2 Å². The predicted octanol–water partition coefficient (Wildman–Crippen LogP) is 3.66. The summed E-state index contributed by atoms with van der Waals surface area (Å²) < 4.78 is 10.7. The number of hydrogen-bond acceptors (Lipinski definition) is 5. The third kappa shape index (κ3) is 4.60. The highest BCUT2D eigenvalue weighted by Gasteiger charge is 2.20. The number of nitrogens with zero attached hydrogens (tertiary/aromatic N) is 1. The first-order valence-corrected chi connectivity index (χ1v) is 6.87. The van der Waals surface area contributed by atoms with Crippen molar-refractivity contribution in [1.82, 2.24) is 0 Å². The van der Waals surface area contributed by atoms with Gasteiger partial charge in [-0.25, -0.2) is 0 Å². The molecular formula is C14H21NO5. The Morgan fingerprint density at radius 3 is 2.15 bits per heavy atom. The first-order chi connectivity index (χ1) is 9.60. The topological polar surface area (TPSA) is 81.8 Å². The van der Waals surface area contributed by atoms with Crippen LogP contribution in [0.3, 0.4) is 0 Å². The van der Waals surface area contributed by atoms with Crippen molar-refractivity contribution < 1.29 is 19.5 Å². The zero-order valence-electron chi connectivity index (χ0n) is 11.9. The van der Waals surface area contributed by atoms with Gasteiger partial charge in [0.2, 0.25) is 5.75 Å². The minimum absolute atomic E-state index is 0.0730. The second kappa shape index (κ2) is 8.24. The van der Waals surface area contributed by atoms with E-state index in [9.17, 15) is 15.2 Å². The number of aromatic hydroxyl groups is 1. The van der Waals surface area contributed by atoms with Crippen molar-refractivity contribution in [3.05, 3.63) is 22.2 Å². The van der Waals surface area contributed by atoms with E-state index in [0.29, 0.717) is 13.2 Å². The summed E-state index contributed by atoms with van der Waals surface area (Å²) in [6.45, 7) is 4.81. The van der Waals surface area contributed by atoms with E-state index in [1.165, 1.54) is 12.1 Å². The molecule has 0 aromatic heterocycles. The van der Waals surface area contributed by atoms with Crippen LogP contribution in [0.5, 0.6) is 17.2 Å². The summed E-state index contributed by atoms with van der Waals surface area (Å²) >= 11 is 0. The monoisotopic (exact) mass is 283 g/mol. The molecule has 1 N–H and O–H groups in total. The number of benzene rings is 1. The SMILES string of the molecule is CCCCOc1cc([N+](=O)[O-])c(OCCCC)cc1O. The summed E-state index contributed by atoms with van der Waals surface area (Å²) in [6, 6.07) is 2.46. The second-order valence-corrected chi connectivity index (χ2v) is 4.45. The molecule has 0 radical (unpaired) electrons. The lowest BCUT2D eigenvalue weighted by Gasteiger charge is -2.11. The predicted molar refractivity (Wildman–Crippen MR) is 75.6 cm³/mol. The summed E-state index contributed by atoms with van der Waals surface area (Å²) in [5.41, 5.74) is -0.189. The van der Waals surface area contributed by atoms with Crippen molar-refractivity contribution >= 4 is 5.69 Å². The molecule has 0 unspecified atom stereocenters. The molecule has 1 aromatic carbocycles. The average Bonchev–Trinajstić information content (AvgIpc) is 2.41. The number of rotatable bonds is 9. The van der Waals surface area contributed by atoms with Gasteiger partial charge in [-0.1, -0.05) is 26.7 Å². The maximum atomic E-state index is 11.0. The van der Waals surface area contributed by atoms with Crippen LogP contribution in [0.1, 0.15) is 39.5 Å². The van der Waals surface area contributed by atoms with Gasteiger partial charge < -0.3 is 14.6 Å². The van der Waals surface area contributed by atoms with E-state index < -0.39 is 4.92 Å². The molecule has 112 valence electrons. The van der Waals surface area contributed by atoms with Crippen LogP contribution in [0.25, 0.3) is 0 Å². The summed E-state index contributed by atoms with van der Waals surface area (Å²) in [6.07, 6.45) is 3.49. The first-order valence-electron chi connectivity index (χ1n) is 6.87. The second-order valence-electron chi connectivity index (χ2n) is 4.45. The molecule has 0 bridgehead atoms. The normalized spacial score (nSPS) is 10.3. The van der Waals surface area contributed by atoms with Crippen LogP contribution in [0, 0.1) is 10.1 Å². The molecular weight excluding hydrogens is 262 g/mol. The molecule has 0 aliphatic rings. The van der Waals surface area contributed by atoms with Crippen LogP contribution in [-0.2, 0) is 0 Å². The molecule has 0 saturated heterocycles. The van der Waals surface area contributed by atoms with Crippen LogP contribution < -0.4 is 9.47 Å². The fourth-order valence-corrected chi connectivity index (χ4v) is 1.57. The van der Waals surface area contributed by atoms with Gasteiger partial charge in [0.05, 0.1) is 24.2 Å². The van der Waals surface area contributed by atoms with E-state index in [2.05, 4.69) is 0 Å². The van der Waals surface area contributed by atoms with Gasteiger partial charge in [0.1, 0.15) is 0 Å². The van der Waals surface area contributed by atoms with Crippen molar-refractivity contribution in [1.29, 1.82) is 0 Å². The Hall–Kier alpha value is -1.98. The number of phenols is 1. The van der Waals surface area contributed by atoms with Crippen molar-refractivity contribution in [2.45, 2.75) is 39.5 Å². The number of phenolic OH excluding ortho intramolecular Hbond substituents is 1. The molecule has 0 aliphatic carbocycles. The Morgan fingerprint density at radius 2 is 1.65 bits per heavy atom. The lowest BCUT2D eigenvalue weighted by molar-refractivity contribution is -0.386. The molecule has 20 heavy (non-hydrogen) atoms. The highest BCUT2D eigenvalue weighted by Crippen LogP contribution is 2.38. The lowest BCUT2D eigenvalue weighted by atomic mass is 10.2. The fraction of sp³-hybridized carbons (Fsp3) is 0.571. The Balaban J connectivity index is 2.89. The number of hydrogen-bond donors (Lipinski definition) is 1. The van der Waals surface area contributed by atoms with Gasteiger partial charge in [-0.15, -0.1) is 0 Å². The van der Waals surface area contributed by atoms with Gasteiger partial charge in [-0.2, -0.15) is 0 Å². The lowest BCUT2D eigenvalue weighted by Crippen LogP contribution is -2.02. The molecule has 0 spiro atoms. The largest absolute Gasteiger partial charge is 0.504 e. The van der Waals surface area contributed by atoms with E-state index in [-0.39, 0.29) is 22.9 Å². The summed E-state index contributed by atoms with van der Waals surface area (Å²) in [4.78, 5) is 10.5. The minimum Gasteiger partial charge on any atom is -0.504 e. The van der Waals surface area contributed by atoms with Crippen molar-refractivity contribution in [2.24, 2.45) is 0 Å². The van der Waals surface area contributed by atoms with Crippen LogP contribution in [0.4, 0.5) is 5.69 Å². The van der Waals surface area contributed by atoms with Gasteiger partial charge in [0.25, 0.3) is 0 Å². The Labute approximate surface area is 118 Å². The molecule has 6 nitrogen and oxygen atoms in total. The third-order valence-electron chi connectivity index (χ3n) is 2.75. The molecule has 6 heteroatoms. The third-order valence-corrected chi connectivity index (χ3v) is 2.75. The Morgan fingerprint density at radius 1 is 1.10 bits per heavy atom. The number of nitro groups is 1. The maximum Gasteiger partial charge on any atom is 0.314 e. The number of unbranched alkanes of at least 4 members (excludes halogenated alkanes) is 2. The molecule has 1 aromatic rings. The Kier molecular flexibility index (Phi) is 6.63. The van der Waals surface area contributed by atoms with Crippen LogP contribution in [0.15, 0.2) is 12.1 Å². The number of ether oxygens (including phenoxy) is 2. The van der Waals surface area contributed by atoms with Gasteiger partial charge in [-0.05, 0) is 12.8 Å². The van der Waals surface area contributed by atoms with E-state index in [0.717, 1.165) is 25.7 Å². The summed E-state index contributed by atoms with van der Waals surface area (Å²) in [5.74, 6) is 0.0509. The van der Waals surface area contributed by atoms with Gasteiger partial charge >= 0.3 is 5.69 Å². The molecule has 0 fully saturated rings. The van der Waals surface area contributed by atoms with Crippen molar-refractivity contribution in [3.63, 3.8) is 0 Å². The van der Waals surface area contributed by atoms with E-state index in [1.54, 1.807) is 0 Å². The maximum absolute atomic E-state index is 11.0. The zero-order valence-corrected chi connectivity index (χ0v) is 11.9. The standard InChI is InChI=1S/C14H21NO5/c1-3-5-7-19-13-10-12(16)14(20-8-6-4-2)9-11(13)15(17)18/h9-10,16H,3-8H2,1-2H3. The smallest absolute Gasteiger partial charge is 0.314 e. The van der Waals surface area contributed by atoms with E-state index in [1.807, 2.05) is 13.8 Å². The average molecular weight is 283 g/mol. The van der Waals surface area contributed by atoms with Crippen LogP contribution in [0.2, 0.25) is 0 Å². The molecule has 1 rings (SSSR count). The summed E-state index contributed by atoms with van der Waals surface area (Å²) in [5, 5.41) is 20.9. The summed E-state index contributed by atoms with van der Waals surface area (Å²) in [7, 11) is 0. The molecule has 0 atom stereocenters. The Bertz CT molecular complexity index is 447. The molecule has 0 saturated carbocycles. The highest BCUT2D eigenvalue weighted by molar-refractivity contribution is 5.57. The minimum atomic E-state index is -0.534. The zero-order chi connectivity index (χ0) is 15.0. The molecule has 0 aliphatic heterocycles. The van der Waals surface area contributed by atoms with E-state index in [4.69, 9.17) is 9.47 Å². The van der Waals surface area contributed by atoms with Crippen molar-refractivity contribution in [2.75, 3.05) is 13.2 Å². The molecule has 0 amide bonds. The van der Waals surface area contributed by atoms with Gasteiger partial charge in [0, 0.05) is 6.07 Å². The molecule has 0 heterocycles. The first kappa shape index (κ1) is 16.1. The quantitative estimate of drug-likeness (QED) is 0.425. The van der Waals surface area contributed by atoms with Crippen LogP contribution in [-0.4, -0.2) is 23.2 Å². The number of nitro benzene ring substituents is 1. The highest BCUT2D eigenvalue weighted by atomic mass is 16.6. The van der Waals surface area contributed by atoms with Gasteiger partial charge in [0.15, 0.2) is 11.5 Å².